The first-order chi connectivity index (χ1) is 12.8. The number of ether oxygens (including phenoxy) is 2. The largest absolute Gasteiger partial charge is 0.497 e. The number of fused-ring (bicyclic) bond motifs is 1. The highest BCUT2D eigenvalue weighted by molar-refractivity contribution is 5.79. The number of nitrogens with one attached hydrogen (secondary N) is 2. The third kappa shape index (κ3) is 4.19. The monoisotopic (exact) mass is 347 g/mol. The van der Waals surface area contributed by atoms with Crippen LogP contribution in [0.4, 0.5) is 0 Å². The third-order valence-corrected chi connectivity index (χ3v) is 3.41. The van der Waals surface area contributed by atoms with E-state index in [9.17, 15) is 0 Å². The highest BCUT2D eigenvalue weighted by atomic mass is 16.5. The van der Waals surface area contributed by atoms with Gasteiger partial charge < -0.3 is 14.5 Å². The van der Waals surface area contributed by atoms with Crippen molar-refractivity contribution in [2.45, 2.75) is 0 Å². The Kier molecular flexibility index (Phi) is 5.47. The van der Waals surface area contributed by atoms with Crippen LogP contribution in [0.15, 0.2) is 55.2 Å². The van der Waals surface area contributed by atoms with E-state index in [1.54, 1.807) is 26.5 Å². The zero-order valence-electron chi connectivity index (χ0n) is 14.4. The van der Waals surface area contributed by atoms with Crippen LogP contribution in [0.25, 0.3) is 11.0 Å². The quantitative estimate of drug-likeness (QED) is 0.544. The zero-order valence-corrected chi connectivity index (χ0v) is 14.4. The van der Waals surface area contributed by atoms with Gasteiger partial charge in [-0.05, 0) is 30.2 Å². The van der Waals surface area contributed by atoms with Crippen LogP contribution in [0.5, 0.6) is 11.5 Å². The lowest BCUT2D eigenvalue weighted by molar-refractivity contribution is 0.394. The van der Waals surface area contributed by atoms with Gasteiger partial charge in [0, 0.05) is 30.2 Å². The highest BCUT2D eigenvalue weighted by Crippen LogP contribution is 2.22. The summed E-state index contributed by atoms with van der Waals surface area (Å²) in [6.07, 6.45) is 6.88. The lowest BCUT2D eigenvalue weighted by Gasteiger charge is -2.04. The first kappa shape index (κ1) is 17.0. The molecule has 0 fully saturated rings. The summed E-state index contributed by atoms with van der Waals surface area (Å²) in [7, 11) is 3.21. The van der Waals surface area contributed by atoms with Gasteiger partial charge in [0.1, 0.15) is 23.5 Å². The third-order valence-electron chi connectivity index (χ3n) is 3.41. The fraction of sp³-hybridized carbons (Fsp3) is 0.105. The van der Waals surface area contributed by atoms with Gasteiger partial charge in [0.2, 0.25) is 0 Å². The molecule has 0 saturated heterocycles. The average molecular weight is 347 g/mol. The van der Waals surface area contributed by atoms with E-state index in [2.05, 4.69) is 37.0 Å². The van der Waals surface area contributed by atoms with Crippen LogP contribution in [0, 0.1) is 11.8 Å². The van der Waals surface area contributed by atoms with Gasteiger partial charge in [0.15, 0.2) is 5.65 Å². The molecule has 0 aliphatic rings. The van der Waals surface area contributed by atoms with Gasteiger partial charge in [-0.25, -0.2) is 9.97 Å². The summed E-state index contributed by atoms with van der Waals surface area (Å²) in [6.45, 7) is 0. The van der Waals surface area contributed by atoms with Gasteiger partial charge in [-0.1, -0.05) is 5.92 Å². The molecular weight excluding hydrogens is 330 g/mol. The van der Waals surface area contributed by atoms with Crippen molar-refractivity contribution in [3.63, 3.8) is 0 Å². The van der Waals surface area contributed by atoms with E-state index in [1.165, 1.54) is 6.33 Å². The Morgan fingerprint density at radius 3 is 2.31 bits per heavy atom. The van der Waals surface area contributed by atoms with Crippen LogP contribution in [-0.4, -0.2) is 39.4 Å². The molecule has 4 aromatic rings. The Morgan fingerprint density at radius 1 is 0.962 bits per heavy atom. The first-order valence-corrected chi connectivity index (χ1v) is 7.77. The molecule has 26 heavy (non-hydrogen) atoms. The zero-order chi connectivity index (χ0) is 18.2. The normalized spacial score (nSPS) is 9.62. The Labute approximate surface area is 150 Å². The molecule has 4 rings (SSSR count). The summed E-state index contributed by atoms with van der Waals surface area (Å²) in [4.78, 5) is 10.9. The predicted molar refractivity (Wildman–Crippen MR) is 98.0 cm³/mol. The minimum Gasteiger partial charge on any atom is -0.497 e. The maximum Gasteiger partial charge on any atom is 0.185 e. The summed E-state index contributed by atoms with van der Waals surface area (Å²) >= 11 is 0. The molecule has 0 aliphatic carbocycles. The van der Waals surface area contributed by atoms with Gasteiger partial charge in [-0.2, -0.15) is 5.10 Å². The SMILES string of the molecule is COc1cc(C#Cc2[nH]nc3ncncc23)cc(OC)c1.c1cc[nH]c1. The Morgan fingerprint density at radius 2 is 1.69 bits per heavy atom. The molecule has 130 valence electrons. The number of hydrogen-bond donors (Lipinski definition) is 2. The van der Waals surface area contributed by atoms with E-state index in [-0.39, 0.29) is 0 Å². The van der Waals surface area contributed by atoms with Crippen LogP contribution in [0.1, 0.15) is 11.3 Å². The Bertz CT molecular complexity index is 989. The predicted octanol–water partition coefficient (Wildman–Crippen LogP) is 2.78. The van der Waals surface area contributed by atoms with Crippen molar-refractivity contribution in [1.29, 1.82) is 0 Å². The molecule has 0 radical (unpaired) electrons. The van der Waals surface area contributed by atoms with E-state index in [4.69, 9.17) is 9.47 Å². The molecule has 7 heteroatoms. The number of aromatic amines is 2. The smallest absolute Gasteiger partial charge is 0.185 e. The Hall–Kier alpha value is -3.79. The van der Waals surface area contributed by atoms with Crippen molar-refractivity contribution < 1.29 is 9.47 Å². The summed E-state index contributed by atoms with van der Waals surface area (Å²) in [6, 6.07) is 9.36. The second-order valence-electron chi connectivity index (χ2n) is 5.09. The van der Waals surface area contributed by atoms with Crippen LogP contribution >= 0.6 is 0 Å². The summed E-state index contributed by atoms with van der Waals surface area (Å²) in [5, 5.41) is 7.71. The molecule has 3 heterocycles. The minimum absolute atomic E-state index is 0.595. The summed E-state index contributed by atoms with van der Waals surface area (Å²) in [5.74, 6) is 7.46. The topological polar surface area (TPSA) is 88.7 Å². The molecule has 0 saturated carbocycles. The van der Waals surface area contributed by atoms with Crippen LogP contribution in [-0.2, 0) is 0 Å². The van der Waals surface area contributed by atoms with Crippen molar-refractivity contribution in [3.05, 3.63) is 66.5 Å². The minimum atomic E-state index is 0.595. The van der Waals surface area contributed by atoms with Crippen LogP contribution < -0.4 is 9.47 Å². The molecule has 0 atom stereocenters. The molecular formula is C19H17N5O2. The number of rotatable bonds is 2. The van der Waals surface area contributed by atoms with Gasteiger partial charge >= 0.3 is 0 Å². The van der Waals surface area contributed by atoms with Gasteiger partial charge in [-0.15, -0.1) is 0 Å². The van der Waals surface area contributed by atoms with Gasteiger partial charge in [0.25, 0.3) is 0 Å². The summed E-state index contributed by atoms with van der Waals surface area (Å²) in [5.41, 5.74) is 2.05. The van der Waals surface area contributed by atoms with Crippen LogP contribution in [0.3, 0.4) is 0 Å². The van der Waals surface area contributed by atoms with Gasteiger partial charge in [0.05, 0.1) is 19.6 Å². The molecule has 0 spiro atoms. The molecule has 3 aromatic heterocycles. The van der Waals surface area contributed by atoms with E-state index >= 15 is 0 Å². The molecule has 0 amide bonds. The number of methoxy groups -OCH3 is 2. The molecule has 0 unspecified atom stereocenters. The van der Waals surface area contributed by atoms with E-state index in [0.717, 1.165) is 10.9 Å². The number of nitrogens with zero attached hydrogens (tertiary/aromatic N) is 3. The average Bonchev–Trinajstić information content (AvgIpc) is 3.39. The summed E-state index contributed by atoms with van der Waals surface area (Å²) < 4.78 is 10.4. The Balaban J connectivity index is 0.000000339. The number of H-pyrrole nitrogens is 2. The number of hydrogen-bond acceptors (Lipinski definition) is 5. The molecule has 2 N–H and O–H groups in total. The van der Waals surface area contributed by atoms with Crippen molar-refractivity contribution in [3.8, 4) is 23.3 Å². The fourth-order valence-corrected chi connectivity index (χ4v) is 2.15. The van der Waals surface area contributed by atoms with Crippen molar-refractivity contribution in [2.75, 3.05) is 14.2 Å². The molecule has 1 aromatic carbocycles. The second-order valence-corrected chi connectivity index (χ2v) is 5.09. The first-order valence-electron chi connectivity index (χ1n) is 7.77. The second kappa shape index (κ2) is 8.35. The van der Waals surface area contributed by atoms with E-state index in [0.29, 0.717) is 22.8 Å². The van der Waals surface area contributed by atoms with Gasteiger partial charge in [-0.3, -0.25) is 5.10 Å². The van der Waals surface area contributed by atoms with E-state index in [1.807, 2.05) is 36.7 Å². The molecule has 0 aliphatic heterocycles. The lowest BCUT2D eigenvalue weighted by Crippen LogP contribution is -1.88. The number of benzene rings is 1. The molecule has 7 nitrogen and oxygen atoms in total. The van der Waals surface area contributed by atoms with Crippen molar-refractivity contribution >= 4 is 11.0 Å². The standard InChI is InChI=1S/C15H12N4O2.C4H5N/c1-20-11-5-10(6-12(7-11)21-2)3-4-14-13-8-16-9-17-15(13)19-18-14;1-2-4-5-3-1/h5-9H,1-2H3,(H,16,17,18,19);1-5H. The van der Waals surface area contributed by atoms with Crippen molar-refractivity contribution in [2.24, 2.45) is 0 Å². The number of aromatic nitrogens is 5. The van der Waals surface area contributed by atoms with Crippen LogP contribution in [0.2, 0.25) is 0 Å². The maximum absolute atomic E-state index is 5.22. The lowest BCUT2D eigenvalue weighted by atomic mass is 10.2. The highest BCUT2D eigenvalue weighted by Gasteiger charge is 2.03. The maximum atomic E-state index is 5.22. The fourth-order valence-electron chi connectivity index (χ4n) is 2.15. The van der Waals surface area contributed by atoms with Crippen molar-refractivity contribution in [1.82, 2.24) is 25.1 Å². The van der Waals surface area contributed by atoms with E-state index < -0.39 is 0 Å². The molecule has 0 bridgehead atoms.